The fourth-order valence-corrected chi connectivity index (χ4v) is 6.72. The quantitative estimate of drug-likeness (QED) is 0.560. The number of hydrogen-bond donors (Lipinski definition) is 1. The molecule has 0 unspecified atom stereocenters. The predicted molar refractivity (Wildman–Crippen MR) is 81.2 cm³/mol. The van der Waals surface area contributed by atoms with Crippen molar-refractivity contribution in [2.75, 3.05) is 24.6 Å². The number of sulfone groups is 1. The highest BCUT2D eigenvalue weighted by molar-refractivity contribution is 7.92. The number of nitro groups is 1. The summed E-state index contributed by atoms with van der Waals surface area (Å²) in [5.74, 6) is -0.291. The van der Waals surface area contributed by atoms with Crippen molar-refractivity contribution in [2.45, 2.75) is 17.0 Å². The second-order valence-corrected chi connectivity index (χ2v) is 9.62. The molecule has 0 spiro atoms. The third-order valence-corrected chi connectivity index (χ3v) is 7.74. The van der Waals surface area contributed by atoms with Crippen LogP contribution in [0.3, 0.4) is 0 Å². The summed E-state index contributed by atoms with van der Waals surface area (Å²) in [6.45, 7) is 0.527. The lowest BCUT2D eigenvalue weighted by atomic mass is 10.1. The molecule has 0 amide bonds. The van der Waals surface area contributed by atoms with Crippen molar-refractivity contribution in [3.05, 3.63) is 34.4 Å². The minimum Gasteiger partial charge on any atom is -0.310 e. The van der Waals surface area contributed by atoms with Crippen LogP contribution >= 0.6 is 0 Å². The van der Waals surface area contributed by atoms with E-state index in [-0.39, 0.29) is 28.6 Å². The van der Waals surface area contributed by atoms with Crippen LogP contribution in [0.1, 0.15) is 0 Å². The topological polar surface area (TPSA) is 127 Å². The highest BCUT2D eigenvalue weighted by atomic mass is 32.2. The van der Waals surface area contributed by atoms with Crippen LogP contribution in [-0.4, -0.2) is 62.7 Å². The van der Waals surface area contributed by atoms with E-state index in [9.17, 15) is 26.9 Å². The molecule has 0 saturated carbocycles. The highest BCUT2D eigenvalue weighted by Crippen LogP contribution is 2.28. The van der Waals surface area contributed by atoms with E-state index in [1.807, 2.05) is 0 Å². The number of benzene rings is 1. The minimum atomic E-state index is -3.90. The number of nitrogens with one attached hydrogen (secondary N) is 1. The molecule has 2 heterocycles. The monoisotopic (exact) mass is 361 g/mol. The van der Waals surface area contributed by atoms with Gasteiger partial charge in [-0.05, 0) is 12.1 Å². The van der Waals surface area contributed by atoms with Crippen molar-refractivity contribution in [1.29, 1.82) is 0 Å². The summed E-state index contributed by atoms with van der Waals surface area (Å²) in [6, 6.07) is 3.54. The summed E-state index contributed by atoms with van der Waals surface area (Å²) in [6.07, 6.45) is 0. The standard InChI is InChI=1S/C12H15N3O6S2/c16-15(17)9-1-3-10(4-2-9)23(20,21)14-6-5-13-11-7-22(18,19)8-12(11)14/h1-4,11-13H,5-8H2/t11-,12+/m0/s1. The maximum absolute atomic E-state index is 12.8. The Labute approximate surface area is 133 Å². The van der Waals surface area contributed by atoms with E-state index >= 15 is 0 Å². The summed E-state index contributed by atoms with van der Waals surface area (Å²) < 4.78 is 50.3. The molecule has 1 N–H and O–H groups in total. The maximum atomic E-state index is 12.8. The van der Waals surface area contributed by atoms with Crippen LogP contribution < -0.4 is 5.32 Å². The normalized spacial score (nSPS) is 27.5. The minimum absolute atomic E-state index is 0.0759. The van der Waals surface area contributed by atoms with Gasteiger partial charge in [0.2, 0.25) is 10.0 Å². The van der Waals surface area contributed by atoms with E-state index in [1.165, 1.54) is 16.4 Å². The number of nitrogens with zero attached hydrogens (tertiary/aromatic N) is 2. The highest BCUT2D eigenvalue weighted by Gasteiger charge is 2.47. The first-order valence-corrected chi connectivity index (χ1v) is 10.2. The summed E-state index contributed by atoms with van der Waals surface area (Å²) >= 11 is 0. The largest absolute Gasteiger partial charge is 0.310 e. The van der Waals surface area contributed by atoms with Crippen molar-refractivity contribution >= 4 is 25.5 Å². The molecule has 11 heteroatoms. The molecule has 0 aromatic heterocycles. The number of nitro benzene ring substituents is 1. The van der Waals surface area contributed by atoms with Crippen molar-refractivity contribution < 1.29 is 21.8 Å². The van der Waals surface area contributed by atoms with E-state index in [2.05, 4.69) is 5.32 Å². The molecule has 2 saturated heterocycles. The molecule has 0 radical (unpaired) electrons. The molecule has 1 aromatic rings. The van der Waals surface area contributed by atoms with Gasteiger partial charge in [0.25, 0.3) is 5.69 Å². The van der Waals surface area contributed by atoms with Gasteiger partial charge in [0.1, 0.15) is 0 Å². The lowest BCUT2D eigenvalue weighted by Gasteiger charge is -2.36. The van der Waals surface area contributed by atoms with Gasteiger partial charge in [0.05, 0.1) is 27.4 Å². The number of piperazine rings is 1. The van der Waals surface area contributed by atoms with E-state index < -0.39 is 36.9 Å². The zero-order valence-corrected chi connectivity index (χ0v) is 13.6. The molecule has 0 aliphatic carbocycles. The molecule has 2 aliphatic rings. The second kappa shape index (κ2) is 5.51. The molecule has 1 aromatic carbocycles. The number of hydrogen-bond acceptors (Lipinski definition) is 7. The summed E-state index contributed by atoms with van der Waals surface area (Å²) in [5.41, 5.74) is -0.203. The van der Waals surface area contributed by atoms with Gasteiger partial charge in [-0.2, -0.15) is 4.31 Å². The van der Waals surface area contributed by atoms with Crippen LogP contribution in [0.4, 0.5) is 5.69 Å². The average Bonchev–Trinajstić information content (AvgIpc) is 2.80. The molecule has 0 bridgehead atoms. The predicted octanol–water partition coefficient (Wildman–Crippen LogP) is -0.646. The first-order chi connectivity index (χ1) is 10.7. The third kappa shape index (κ3) is 2.96. The first-order valence-electron chi connectivity index (χ1n) is 6.91. The number of fused-ring (bicyclic) bond motifs is 1. The van der Waals surface area contributed by atoms with Crippen LogP contribution in [0, 0.1) is 10.1 Å². The lowest BCUT2D eigenvalue weighted by molar-refractivity contribution is -0.384. The fraction of sp³-hybridized carbons (Fsp3) is 0.500. The maximum Gasteiger partial charge on any atom is 0.269 e. The van der Waals surface area contributed by atoms with Crippen molar-refractivity contribution in [2.24, 2.45) is 0 Å². The average molecular weight is 361 g/mol. The molecule has 9 nitrogen and oxygen atoms in total. The van der Waals surface area contributed by atoms with Gasteiger partial charge >= 0.3 is 0 Å². The molecular formula is C12H15N3O6S2. The molecule has 3 rings (SSSR count). The molecular weight excluding hydrogens is 346 g/mol. The summed E-state index contributed by atoms with van der Waals surface area (Å²) in [7, 11) is -7.18. The number of sulfonamides is 1. The van der Waals surface area contributed by atoms with Crippen LogP contribution in [0.25, 0.3) is 0 Å². The molecule has 23 heavy (non-hydrogen) atoms. The van der Waals surface area contributed by atoms with Gasteiger partial charge in [-0.15, -0.1) is 0 Å². The van der Waals surface area contributed by atoms with E-state index in [4.69, 9.17) is 0 Å². The van der Waals surface area contributed by atoms with Gasteiger partial charge in [-0.3, -0.25) is 10.1 Å². The Hall–Kier alpha value is -1.56. The van der Waals surface area contributed by atoms with Gasteiger partial charge < -0.3 is 5.32 Å². The SMILES string of the molecule is O=[N+]([O-])c1ccc(S(=O)(=O)N2CCN[C@H]3CS(=O)(=O)C[C@H]32)cc1. The zero-order valence-electron chi connectivity index (χ0n) is 12.0. The van der Waals surface area contributed by atoms with E-state index in [0.29, 0.717) is 6.54 Å². The Kier molecular flexibility index (Phi) is 3.91. The summed E-state index contributed by atoms with van der Waals surface area (Å²) in [5, 5.41) is 13.7. The Morgan fingerprint density at radius 2 is 1.87 bits per heavy atom. The van der Waals surface area contributed by atoms with Crippen molar-refractivity contribution in [1.82, 2.24) is 9.62 Å². The Bertz CT molecular complexity index is 834. The Morgan fingerprint density at radius 3 is 2.48 bits per heavy atom. The summed E-state index contributed by atoms with van der Waals surface area (Å²) in [4.78, 5) is 9.97. The lowest BCUT2D eigenvalue weighted by Crippen LogP contribution is -2.58. The van der Waals surface area contributed by atoms with Crippen molar-refractivity contribution in [3.8, 4) is 0 Å². The van der Waals surface area contributed by atoms with Gasteiger partial charge in [-0.25, -0.2) is 16.8 Å². The van der Waals surface area contributed by atoms with Gasteiger partial charge in [0, 0.05) is 31.3 Å². The van der Waals surface area contributed by atoms with E-state index in [1.54, 1.807) is 0 Å². The van der Waals surface area contributed by atoms with Crippen LogP contribution in [0.5, 0.6) is 0 Å². The van der Waals surface area contributed by atoms with Gasteiger partial charge in [-0.1, -0.05) is 0 Å². The van der Waals surface area contributed by atoms with Crippen LogP contribution in [0.2, 0.25) is 0 Å². The molecule has 2 atom stereocenters. The molecule has 126 valence electrons. The first kappa shape index (κ1) is 16.3. The van der Waals surface area contributed by atoms with Crippen molar-refractivity contribution in [3.63, 3.8) is 0 Å². The smallest absolute Gasteiger partial charge is 0.269 e. The number of rotatable bonds is 3. The Balaban J connectivity index is 1.94. The van der Waals surface area contributed by atoms with Crippen LogP contribution in [-0.2, 0) is 19.9 Å². The van der Waals surface area contributed by atoms with Crippen LogP contribution in [0.15, 0.2) is 29.2 Å². The third-order valence-electron chi connectivity index (χ3n) is 4.09. The fourth-order valence-electron chi connectivity index (χ4n) is 3.01. The zero-order chi connectivity index (χ0) is 16.8. The number of non-ortho nitro benzene ring substituents is 1. The molecule has 2 aliphatic heterocycles. The van der Waals surface area contributed by atoms with Gasteiger partial charge in [0.15, 0.2) is 9.84 Å². The second-order valence-electron chi connectivity index (χ2n) is 5.57. The molecule has 2 fully saturated rings. The Morgan fingerprint density at radius 1 is 1.22 bits per heavy atom. The van der Waals surface area contributed by atoms with E-state index in [0.717, 1.165) is 12.1 Å².